The third kappa shape index (κ3) is 8.20. The number of hydrogen-bond donors (Lipinski definition) is 3. The number of hydrogen-bond acceptors (Lipinski definition) is 4. The van der Waals surface area contributed by atoms with Crippen molar-refractivity contribution in [2.24, 2.45) is 0 Å². The summed E-state index contributed by atoms with van der Waals surface area (Å²) in [5.74, 6) is -0.820. The van der Waals surface area contributed by atoms with Gasteiger partial charge in [0.25, 0.3) is 0 Å². The molecule has 1 rings (SSSR count). The van der Waals surface area contributed by atoms with E-state index < -0.39 is 10.0 Å². The van der Waals surface area contributed by atoms with Crippen molar-refractivity contribution < 1.29 is 18.0 Å². The van der Waals surface area contributed by atoms with Crippen molar-refractivity contribution in [3.63, 3.8) is 0 Å². The fourth-order valence-corrected chi connectivity index (χ4v) is 2.86. The number of anilines is 2. The zero-order valence-corrected chi connectivity index (χ0v) is 14.2. The van der Waals surface area contributed by atoms with Gasteiger partial charge in [-0.3, -0.25) is 14.3 Å². The normalized spacial score (nSPS) is 10.9. The summed E-state index contributed by atoms with van der Waals surface area (Å²) in [7, 11) is -3.63. The average molecular weight is 341 g/mol. The Labute approximate surface area is 136 Å². The molecule has 23 heavy (non-hydrogen) atoms. The minimum Gasteiger partial charge on any atom is -0.356 e. The largest absolute Gasteiger partial charge is 0.356 e. The molecule has 0 heterocycles. The number of unbranched alkanes of at least 4 members (excludes halogenated alkanes) is 1. The van der Waals surface area contributed by atoms with Crippen molar-refractivity contribution in [2.45, 2.75) is 33.1 Å². The standard InChI is InChI=1S/C15H23N3O4S/c1-3-4-9-16-15(20)8-10-23(21,22)18-14-7-5-6-13(11-14)17-12(2)19/h5-7,11,18H,3-4,8-10H2,1-2H3,(H,16,20)(H,17,19). The fourth-order valence-electron chi connectivity index (χ4n) is 1.81. The second-order valence-corrected chi connectivity index (χ2v) is 6.98. The lowest BCUT2D eigenvalue weighted by Gasteiger charge is -2.10. The van der Waals surface area contributed by atoms with Crippen LogP contribution in [-0.4, -0.2) is 32.5 Å². The summed E-state index contributed by atoms with van der Waals surface area (Å²) in [6.07, 6.45) is 1.74. The van der Waals surface area contributed by atoms with E-state index in [4.69, 9.17) is 0 Å². The predicted molar refractivity (Wildman–Crippen MR) is 90.7 cm³/mol. The molecule has 7 nitrogen and oxygen atoms in total. The Morgan fingerprint density at radius 1 is 1.17 bits per heavy atom. The number of rotatable bonds is 9. The summed E-state index contributed by atoms with van der Waals surface area (Å²) in [5.41, 5.74) is 0.831. The van der Waals surface area contributed by atoms with Crippen LogP contribution in [0.3, 0.4) is 0 Å². The van der Waals surface area contributed by atoms with E-state index in [0.717, 1.165) is 12.8 Å². The van der Waals surface area contributed by atoms with Crippen LogP contribution in [0.4, 0.5) is 11.4 Å². The van der Waals surface area contributed by atoms with E-state index in [-0.39, 0.29) is 24.0 Å². The van der Waals surface area contributed by atoms with Gasteiger partial charge < -0.3 is 10.6 Å². The highest BCUT2D eigenvalue weighted by Crippen LogP contribution is 2.16. The van der Waals surface area contributed by atoms with Crippen molar-refractivity contribution >= 4 is 33.2 Å². The number of carbonyl (C=O) groups excluding carboxylic acids is 2. The van der Waals surface area contributed by atoms with E-state index in [1.54, 1.807) is 18.2 Å². The van der Waals surface area contributed by atoms with Gasteiger partial charge in [0, 0.05) is 25.6 Å². The molecular formula is C15H23N3O4S. The maximum atomic E-state index is 12.0. The van der Waals surface area contributed by atoms with E-state index in [1.807, 2.05) is 6.92 Å². The summed E-state index contributed by atoms with van der Waals surface area (Å²) >= 11 is 0. The van der Waals surface area contributed by atoms with Gasteiger partial charge >= 0.3 is 0 Å². The van der Waals surface area contributed by atoms with Gasteiger partial charge in [-0.25, -0.2) is 8.42 Å². The Kier molecular flexibility index (Phi) is 7.53. The van der Waals surface area contributed by atoms with Crippen LogP contribution in [0.5, 0.6) is 0 Å². The highest BCUT2D eigenvalue weighted by molar-refractivity contribution is 7.92. The van der Waals surface area contributed by atoms with Gasteiger partial charge in [0.15, 0.2) is 0 Å². The predicted octanol–water partition coefficient (Wildman–Crippen LogP) is 1.69. The van der Waals surface area contributed by atoms with Crippen LogP contribution in [0.1, 0.15) is 33.1 Å². The molecule has 0 aliphatic carbocycles. The number of carbonyl (C=O) groups is 2. The highest BCUT2D eigenvalue weighted by Gasteiger charge is 2.13. The van der Waals surface area contributed by atoms with Gasteiger partial charge in [-0.05, 0) is 24.6 Å². The number of sulfonamides is 1. The molecule has 0 aliphatic rings. The molecule has 2 amide bonds. The average Bonchev–Trinajstić information content (AvgIpc) is 2.45. The first kappa shape index (κ1) is 19.0. The molecule has 0 aliphatic heterocycles. The van der Waals surface area contributed by atoms with Crippen molar-refractivity contribution in [3.8, 4) is 0 Å². The molecule has 8 heteroatoms. The van der Waals surface area contributed by atoms with Gasteiger partial charge in [0.05, 0.1) is 11.4 Å². The summed E-state index contributed by atoms with van der Waals surface area (Å²) in [5, 5.41) is 5.24. The molecule has 0 fully saturated rings. The Bertz CT molecular complexity index is 644. The summed E-state index contributed by atoms with van der Waals surface area (Å²) in [4.78, 5) is 22.5. The van der Waals surface area contributed by atoms with E-state index in [9.17, 15) is 18.0 Å². The first-order chi connectivity index (χ1) is 10.8. The molecule has 0 saturated carbocycles. The van der Waals surface area contributed by atoms with Gasteiger partial charge in [-0.1, -0.05) is 19.4 Å². The lowest BCUT2D eigenvalue weighted by molar-refractivity contribution is -0.120. The molecule has 128 valence electrons. The van der Waals surface area contributed by atoms with Crippen molar-refractivity contribution in [3.05, 3.63) is 24.3 Å². The molecule has 0 unspecified atom stereocenters. The van der Waals surface area contributed by atoms with Crippen LogP contribution >= 0.6 is 0 Å². The van der Waals surface area contributed by atoms with Crippen LogP contribution in [0.25, 0.3) is 0 Å². The van der Waals surface area contributed by atoms with Crippen LogP contribution in [0, 0.1) is 0 Å². The van der Waals surface area contributed by atoms with E-state index in [1.165, 1.54) is 13.0 Å². The van der Waals surface area contributed by atoms with Crippen LogP contribution < -0.4 is 15.4 Å². The zero-order chi connectivity index (χ0) is 17.3. The quantitative estimate of drug-likeness (QED) is 0.595. The van der Waals surface area contributed by atoms with E-state index in [2.05, 4.69) is 15.4 Å². The monoisotopic (exact) mass is 341 g/mol. The zero-order valence-electron chi connectivity index (χ0n) is 13.4. The fraction of sp³-hybridized carbons (Fsp3) is 0.467. The van der Waals surface area contributed by atoms with Crippen LogP contribution in [-0.2, 0) is 19.6 Å². The first-order valence-corrected chi connectivity index (χ1v) is 9.12. The van der Waals surface area contributed by atoms with Crippen LogP contribution in [0.2, 0.25) is 0 Å². The molecule has 1 aromatic carbocycles. The summed E-state index contributed by atoms with van der Waals surface area (Å²) in [6, 6.07) is 6.37. The van der Waals surface area contributed by atoms with Gasteiger partial charge in [-0.2, -0.15) is 0 Å². The van der Waals surface area contributed by atoms with Gasteiger partial charge in [-0.15, -0.1) is 0 Å². The molecule has 0 radical (unpaired) electrons. The Morgan fingerprint density at radius 2 is 1.87 bits per heavy atom. The Morgan fingerprint density at radius 3 is 2.52 bits per heavy atom. The van der Waals surface area contributed by atoms with Gasteiger partial charge in [0.1, 0.15) is 0 Å². The molecule has 0 saturated heterocycles. The van der Waals surface area contributed by atoms with Crippen molar-refractivity contribution in [2.75, 3.05) is 22.3 Å². The van der Waals surface area contributed by atoms with Crippen molar-refractivity contribution in [1.29, 1.82) is 0 Å². The molecule has 0 spiro atoms. The molecule has 0 atom stereocenters. The maximum Gasteiger partial charge on any atom is 0.233 e. The smallest absolute Gasteiger partial charge is 0.233 e. The SMILES string of the molecule is CCCCNC(=O)CCS(=O)(=O)Nc1cccc(NC(C)=O)c1. The number of amides is 2. The maximum absolute atomic E-state index is 12.0. The number of benzene rings is 1. The third-order valence-corrected chi connectivity index (χ3v) is 4.19. The first-order valence-electron chi connectivity index (χ1n) is 7.47. The Hall–Kier alpha value is -2.09. The van der Waals surface area contributed by atoms with Crippen molar-refractivity contribution in [1.82, 2.24) is 5.32 Å². The minimum absolute atomic E-state index is 0.0928. The topological polar surface area (TPSA) is 104 Å². The minimum atomic E-state index is -3.63. The molecule has 1 aromatic rings. The molecule has 3 N–H and O–H groups in total. The second-order valence-electron chi connectivity index (χ2n) is 5.14. The molecule has 0 bridgehead atoms. The Balaban J connectivity index is 2.54. The lowest BCUT2D eigenvalue weighted by atomic mass is 10.3. The molecular weight excluding hydrogens is 318 g/mol. The third-order valence-electron chi connectivity index (χ3n) is 2.91. The van der Waals surface area contributed by atoms with Gasteiger partial charge in [0.2, 0.25) is 21.8 Å². The highest BCUT2D eigenvalue weighted by atomic mass is 32.2. The number of nitrogens with one attached hydrogen (secondary N) is 3. The molecule has 0 aromatic heterocycles. The van der Waals surface area contributed by atoms with Crippen LogP contribution in [0.15, 0.2) is 24.3 Å². The second kappa shape index (κ2) is 9.14. The summed E-state index contributed by atoms with van der Waals surface area (Å²) in [6.45, 7) is 3.94. The summed E-state index contributed by atoms with van der Waals surface area (Å²) < 4.78 is 26.4. The lowest BCUT2D eigenvalue weighted by Crippen LogP contribution is -2.28. The van der Waals surface area contributed by atoms with E-state index >= 15 is 0 Å². The van der Waals surface area contributed by atoms with E-state index in [0.29, 0.717) is 17.9 Å².